The van der Waals surface area contributed by atoms with Crippen LogP contribution in [0.1, 0.15) is 59.8 Å². The lowest BCUT2D eigenvalue weighted by atomic mass is 9.95. The Morgan fingerprint density at radius 2 is 2.05 bits per heavy atom. The van der Waals surface area contributed by atoms with Crippen molar-refractivity contribution in [2.75, 3.05) is 20.2 Å². The summed E-state index contributed by atoms with van der Waals surface area (Å²) in [6, 6.07) is 1.08. The number of carbonyl (C=O) groups is 1. The van der Waals surface area contributed by atoms with Gasteiger partial charge in [0.2, 0.25) is 0 Å². The van der Waals surface area contributed by atoms with Crippen molar-refractivity contribution in [3.05, 3.63) is 0 Å². The number of hydrogen-bond acceptors (Lipinski definition) is 4. The second kappa shape index (κ2) is 7.99. The van der Waals surface area contributed by atoms with E-state index in [1.54, 1.807) is 0 Å². The third-order valence-electron chi connectivity index (χ3n) is 4.10. The molecule has 1 unspecified atom stereocenters. The van der Waals surface area contributed by atoms with Crippen LogP contribution in [0.4, 0.5) is 0 Å². The lowest BCUT2D eigenvalue weighted by Crippen LogP contribution is -2.51. The first-order valence-electron chi connectivity index (χ1n) is 8.03. The van der Waals surface area contributed by atoms with Crippen LogP contribution in [0.15, 0.2) is 0 Å². The molecule has 1 N–H and O–H groups in total. The van der Waals surface area contributed by atoms with Crippen molar-refractivity contribution >= 4 is 5.97 Å². The van der Waals surface area contributed by atoms with Crippen molar-refractivity contribution in [3.63, 3.8) is 0 Å². The molecule has 1 fully saturated rings. The van der Waals surface area contributed by atoms with Gasteiger partial charge in [-0.15, -0.1) is 0 Å². The molecule has 0 spiro atoms. The maximum Gasteiger partial charge on any atom is 0.325 e. The molecule has 0 radical (unpaired) electrons. The molecule has 0 bridgehead atoms. The maximum absolute atomic E-state index is 12.0. The van der Waals surface area contributed by atoms with Crippen molar-refractivity contribution in [3.8, 4) is 0 Å². The quantitative estimate of drug-likeness (QED) is 0.626. The molecule has 1 saturated carbocycles. The average molecular weight is 284 g/mol. The van der Waals surface area contributed by atoms with Gasteiger partial charge in [0.15, 0.2) is 0 Å². The van der Waals surface area contributed by atoms with Gasteiger partial charge in [-0.1, -0.05) is 6.92 Å². The minimum absolute atomic E-state index is 0.129. The van der Waals surface area contributed by atoms with E-state index in [1.165, 1.54) is 26.4 Å². The predicted octanol–water partition coefficient (Wildman–Crippen LogP) is 2.57. The molecular formula is C16H32N2O2. The van der Waals surface area contributed by atoms with Crippen molar-refractivity contribution in [2.24, 2.45) is 0 Å². The van der Waals surface area contributed by atoms with Crippen LogP contribution >= 0.6 is 0 Å². The Bertz CT molecular complexity index is 303. The highest BCUT2D eigenvalue weighted by atomic mass is 16.5. The molecule has 0 amide bonds. The Hall–Kier alpha value is -0.610. The summed E-state index contributed by atoms with van der Waals surface area (Å²) in [6.07, 6.45) is 5.39. The molecule has 118 valence electrons. The van der Waals surface area contributed by atoms with Crippen molar-refractivity contribution in [2.45, 2.75) is 77.4 Å². The van der Waals surface area contributed by atoms with Gasteiger partial charge in [-0.05, 0) is 66.0 Å². The van der Waals surface area contributed by atoms with Gasteiger partial charge < -0.3 is 9.64 Å². The molecule has 0 heterocycles. The average Bonchev–Trinajstić information content (AvgIpc) is 3.20. The number of methoxy groups -OCH3 is 1. The molecule has 4 heteroatoms. The first-order chi connectivity index (χ1) is 9.42. The minimum atomic E-state index is -0.523. The molecule has 0 aromatic heterocycles. The first kappa shape index (κ1) is 17.4. The van der Waals surface area contributed by atoms with E-state index in [0.29, 0.717) is 12.1 Å². The van der Waals surface area contributed by atoms with Gasteiger partial charge in [-0.2, -0.15) is 0 Å². The van der Waals surface area contributed by atoms with E-state index in [0.717, 1.165) is 25.9 Å². The Morgan fingerprint density at radius 3 is 2.50 bits per heavy atom. The molecular weight excluding hydrogens is 252 g/mol. The number of nitrogens with zero attached hydrogens (tertiary/aromatic N) is 1. The molecule has 0 saturated heterocycles. The molecule has 1 aliphatic carbocycles. The number of ether oxygens (including phenoxy) is 1. The molecule has 1 aliphatic rings. The fraction of sp³-hybridized carbons (Fsp3) is 0.938. The number of hydrogen-bond donors (Lipinski definition) is 1. The highest BCUT2D eigenvalue weighted by molar-refractivity contribution is 5.80. The lowest BCUT2D eigenvalue weighted by Gasteiger charge is -2.31. The zero-order valence-electron chi connectivity index (χ0n) is 13.9. The second-order valence-corrected chi connectivity index (χ2v) is 6.48. The monoisotopic (exact) mass is 284 g/mol. The van der Waals surface area contributed by atoms with Crippen LogP contribution < -0.4 is 5.32 Å². The smallest absolute Gasteiger partial charge is 0.325 e. The van der Waals surface area contributed by atoms with Crippen molar-refractivity contribution in [1.29, 1.82) is 0 Å². The van der Waals surface area contributed by atoms with Crippen LogP contribution in [0.25, 0.3) is 0 Å². The standard InChI is InChI=1S/C16H32N2O2/c1-6-11-18(13(2)3)12-7-10-16(4,15(19)20-5)17-14-8-9-14/h13-14,17H,6-12H2,1-5H3. The summed E-state index contributed by atoms with van der Waals surface area (Å²) in [4.78, 5) is 14.5. The van der Waals surface area contributed by atoms with Crippen LogP contribution in [-0.2, 0) is 9.53 Å². The summed E-state index contributed by atoms with van der Waals surface area (Å²) in [5.74, 6) is -0.129. The summed E-state index contributed by atoms with van der Waals surface area (Å²) < 4.78 is 4.98. The normalized spacial score (nSPS) is 18.4. The Labute approximate surface area is 124 Å². The van der Waals surface area contributed by atoms with E-state index in [4.69, 9.17) is 4.74 Å². The predicted molar refractivity (Wildman–Crippen MR) is 82.8 cm³/mol. The summed E-state index contributed by atoms with van der Waals surface area (Å²) >= 11 is 0. The molecule has 0 aliphatic heterocycles. The van der Waals surface area contributed by atoms with E-state index < -0.39 is 5.54 Å². The summed E-state index contributed by atoms with van der Waals surface area (Å²) in [5.41, 5.74) is -0.523. The van der Waals surface area contributed by atoms with Crippen molar-refractivity contribution < 1.29 is 9.53 Å². The van der Waals surface area contributed by atoms with Crippen LogP contribution in [-0.4, -0.2) is 48.7 Å². The molecule has 1 atom stereocenters. The van der Waals surface area contributed by atoms with Crippen LogP contribution in [0, 0.1) is 0 Å². The summed E-state index contributed by atoms with van der Waals surface area (Å²) in [6.45, 7) is 10.8. The fourth-order valence-corrected chi connectivity index (χ4v) is 2.69. The zero-order chi connectivity index (χ0) is 15.2. The highest BCUT2D eigenvalue weighted by Crippen LogP contribution is 2.25. The van der Waals surface area contributed by atoms with Crippen LogP contribution in [0.3, 0.4) is 0 Å². The maximum atomic E-state index is 12.0. The topological polar surface area (TPSA) is 41.6 Å². The molecule has 4 nitrogen and oxygen atoms in total. The molecule has 20 heavy (non-hydrogen) atoms. The number of rotatable bonds is 10. The molecule has 0 aromatic carbocycles. The highest BCUT2D eigenvalue weighted by Gasteiger charge is 2.38. The van der Waals surface area contributed by atoms with Crippen LogP contribution in [0.2, 0.25) is 0 Å². The fourth-order valence-electron chi connectivity index (χ4n) is 2.69. The van der Waals surface area contributed by atoms with Gasteiger partial charge in [0.05, 0.1) is 7.11 Å². The Kier molecular flexibility index (Phi) is 6.96. The van der Waals surface area contributed by atoms with Gasteiger partial charge in [0, 0.05) is 12.1 Å². The Morgan fingerprint density at radius 1 is 1.40 bits per heavy atom. The summed E-state index contributed by atoms with van der Waals surface area (Å²) in [5, 5.41) is 3.46. The second-order valence-electron chi connectivity index (χ2n) is 6.48. The summed E-state index contributed by atoms with van der Waals surface area (Å²) in [7, 11) is 1.48. The largest absolute Gasteiger partial charge is 0.468 e. The number of esters is 1. The van der Waals surface area contributed by atoms with Gasteiger partial charge in [-0.3, -0.25) is 10.1 Å². The molecule has 1 rings (SSSR count). The van der Waals surface area contributed by atoms with Gasteiger partial charge in [0.1, 0.15) is 5.54 Å². The van der Waals surface area contributed by atoms with Gasteiger partial charge in [0.25, 0.3) is 0 Å². The van der Waals surface area contributed by atoms with E-state index in [2.05, 4.69) is 31.0 Å². The number of nitrogens with one attached hydrogen (secondary N) is 1. The zero-order valence-corrected chi connectivity index (χ0v) is 13.9. The molecule has 0 aromatic rings. The number of carbonyl (C=O) groups excluding carboxylic acids is 1. The third-order valence-corrected chi connectivity index (χ3v) is 4.10. The SMILES string of the molecule is CCCN(CCCC(C)(NC1CC1)C(=O)OC)C(C)C. The lowest BCUT2D eigenvalue weighted by molar-refractivity contribution is -0.148. The van der Waals surface area contributed by atoms with Gasteiger partial charge in [-0.25, -0.2) is 0 Å². The third kappa shape index (κ3) is 5.41. The Balaban J connectivity index is 2.46. The minimum Gasteiger partial charge on any atom is -0.468 e. The van der Waals surface area contributed by atoms with E-state index in [-0.39, 0.29) is 5.97 Å². The van der Waals surface area contributed by atoms with E-state index in [1.807, 2.05) is 6.92 Å². The van der Waals surface area contributed by atoms with Crippen LogP contribution in [0.5, 0.6) is 0 Å². The van der Waals surface area contributed by atoms with E-state index >= 15 is 0 Å². The van der Waals surface area contributed by atoms with E-state index in [9.17, 15) is 4.79 Å². The van der Waals surface area contributed by atoms with Gasteiger partial charge >= 0.3 is 5.97 Å². The van der Waals surface area contributed by atoms with Crippen molar-refractivity contribution in [1.82, 2.24) is 10.2 Å². The first-order valence-corrected chi connectivity index (χ1v) is 8.03.